The molecule has 0 aliphatic heterocycles. The van der Waals surface area contributed by atoms with Crippen molar-refractivity contribution in [2.24, 2.45) is 0 Å². The smallest absolute Gasteiger partial charge is 0.203 e. The molecule has 0 fully saturated rings. The van der Waals surface area contributed by atoms with Gasteiger partial charge in [0.25, 0.3) is 0 Å². The maximum absolute atomic E-state index is 6.14. The quantitative estimate of drug-likeness (QED) is 0.340. The molecule has 0 bridgehead atoms. The van der Waals surface area contributed by atoms with Gasteiger partial charge in [-0.2, -0.15) is 0 Å². The van der Waals surface area contributed by atoms with Crippen molar-refractivity contribution in [2.75, 3.05) is 19.8 Å². The lowest BCUT2D eigenvalue weighted by molar-refractivity contribution is 0.236. The molecule has 25 heavy (non-hydrogen) atoms. The Morgan fingerprint density at radius 2 is 1.12 bits per heavy atom. The topological polar surface area (TPSA) is 27.7 Å². The maximum atomic E-state index is 6.14. The number of hydrogen-bond acceptors (Lipinski definition) is 3. The van der Waals surface area contributed by atoms with Crippen molar-refractivity contribution in [1.82, 2.24) is 0 Å². The van der Waals surface area contributed by atoms with Crippen molar-refractivity contribution < 1.29 is 14.2 Å². The standard InChI is InChI=1S/C21H38O3Si/c1-4-7-10-15-22-18-13-14-19(25)21(24-17-12-9-6-3)20(18)23-16-11-8-5-2/h13-14H,4-12,15-17H2,1-3,25H3. The number of unbranched alkanes of at least 4 members (excludes halogenated alkanes) is 6. The van der Waals surface area contributed by atoms with E-state index in [1.54, 1.807) is 0 Å². The summed E-state index contributed by atoms with van der Waals surface area (Å²) < 4.78 is 18.3. The SMILES string of the molecule is CCCCCOc1ccc([SiH3])c(OCCCCC)c1OCCCCC. The summed E-state index contributed by atoms with van der Waals surface area (Å²) in [5.74, 6) is 2.60. The Bertz CT molecular complexity index is 463. The Kier molecular flexibility index (Phi) is 12.3. The zero-order valence-corrected chi connectivity index (χ0v) is 18.9. The van der Waals surface area contributed by atoms with Crippen LogP contribution in [0.3, 0.4) is 0 Å². The molecule has 0 saturated carbocycles. The summed E-state index contributed by atoms with van der Waals surface area (Å²) in [6.45, 7) is 8.87. The summed E-state index contributed by atoms with van der Waals surface area (Å²) >= 11 is 0. The first-order valence-corrected chi connectivity index (χ1v) is 11.3. The highest BCUT2D eigenvalue weighted by Crippen LogP contribution is 2.36. The molecule has 0 aliphatic carbocycles. The second-order valence-electron chi connectivity index (χ2n) is 6.71. The van der Waals surface area contributed by atoms with E-state index >= 15 is 0 Å². The van der Waals surface area contributed by atoms with Crippen molar-refractivity contribution in [2.45, 2.75) is 78.6 Å². The number of rotatable bonds is 15. The van der Waals surface area contributed by atoms with Crippen LogP contribution in [-0.4, -0.2) is 30.1 Å². The Morgan fingerprint density at radius 3 is 1.64 bits per heavy atom. The fourth-order valence-corrected chi connectivity index (χ4v) is 3.20. The van der Waals surface area contributed by atoms with Gasteiger partial charge in [-0.05, 0) is 30.5 Å². The van der Waals surface area contributed by atoms with Crippen LogP contribution in [0.5, 0.6) is 17.2 Å². The molecule has 1 rings (SSSR count). The van der Waals surface area contributed by atoms with E-state index in [2.05, 4.69) is 32.9 Å². The van der Waals surface area contributed by atoms with Gasteiger partial charge < -0.3 is 14.2 Å². The van der Waals surface area contributed by atoms with Crippen LogP contribution in [0.2, 0.25) is 0 Å². The second kappa shape index (κ2) is 14.1. The van der Waals surface area contributed by atoms with Crippen LogP contribution < -0.4 is 19.4 Å². The van der Waals surface area contributed by atoms with Crippen LogP contribution in [0.4, 0.5) is 0 Å². The monoisotopic (exact) mass is 366 g/mol. The fraction of sp³-hybridized carbons (Fsp3) is 0.714. The van der Waals surface area contributed by atoms with Gasteiger partial charge >= 0.3 is 0 Å². The van der Waals surface area contributed by atoms with Crippen molar-refractivity contribution in [3.63, 3.8) is 0 Å². The first-order chi connectivity index (χ1) is 12.2. The largest absolute Gasteiger partial charge is 0.490 e. The summed E-state index contributed by atoms with van der Waals surface area (Å²) in [7, 11) is 0.947. The van der Waals surface area contributed by atoms with Gasteiger partial charge in [0.1, 0.15) is 0 Å². The molecular formula is C21H38O3Si. The van der Waals surface area contributed by atoms with Gasteiger partial charge in [-0.1, -0.05) is 65.4 Å². The molecule has 144 valence electrons. The van der Waals surface area contributed by atoms with Crippen LogP contribution in [0.25, 0.3) is 0 Å². The summed E-state index contributed by atoms with van der Waals surface area (Å²) in [6, 6.07) is 4.19. The van der Waals surface area contributed by atoms with Gasteiger partial charge in [-0.25, -0.2) is 0 Å². The first-order valence-electron chi connectivity index (χ1n) is 10.3. The van der Waals surface area contributed by atoms with E-state index in [1.165, 1.54) is 43.7 Å². The van der Waals surface area contributed by atoms with E-state index in [9.17, 15) is 0 Å². The highest BCUT2D eigenvalue weighted by atomic mass is 28.1. The highest BCUT2D eigenvalue weighted by molar-refractivity contribution is 6.34. The van der Waals surface area contributed by atoms with Crippen LogP contribution in [0, 0.1) is 0 Å². The Hall–Kier alpha value is -1.16. The predicted octanol–water partition coefficient (Wildman–Crippen LogP) is 4.38. The van der Waals surface area contributed by atoms with Crippen molar-refractivity contribution in [1.29, 1.82) is 0 Å². The van der Waals surface area contributed by atoms with E-state index < -0.39 is 0 Å². The summed E-state index contributed by atoms with van der Waals surface area (Å²) in [5, 5.41) is 1.25. The number of ether oxygens (including phenoxy) is 3. The first kappa shape index (κ1) is 21.9. The average molecular weight is 367 g/mol. The van der Waals surface area contributed by atoms with E-state index in [0.29, 0.717) is 0 Å². The van der Waals surface area contributed by atoms with Crippen molar-refractivity contribution in [3.8, 4) is 17.2 Å². The fourth-order valence-electron chi connectivity index (χ4n) is 2.66. The van der Waals surface area contributed by atoms with E-state index in [1.807, 2.05) is 0 Å². The summed E-state index contributed by atoms with van der Waals surface area (Å²) in [4.78, 5) is 0. The van der Waals surface area contributed by atoms with E-state index in [4.69, 9.17) is 14.2 Å². The van der Waals surface area contributed by atoms with Crippen LogP contribution in [0.1, 0.15) is 78.6 Å². The van der Waals surface area contributed by atoms with Gasteiger partial charge in [-0.3, -0.25) is 0 Å². The lowest BCUT2D eigenvalue weighted by atomic mass is 10.2. The minimum absolute atomic E-state index is 0.732. The molecule has 0 unspecified atom stereocenters. The summed E-state index contributed by atoms with van der Waals surface area (Å²) in [5.41, 5.74) is 0. The number of benzene rings is 1. The Labute approximate surface area is 157 Å². The summed E-state index contributed by atoms with van der Waals surface area (Å²) in [6.07, 6.45) is 10.5. The van der Waals surface area contributed by atoms with Gasteiger partial charge in [0, 0.05) is 10.2 Å². The van der Waals surface area contributed by atoms with Gasteiger partial charge in [0.05, 0.1) is 19.8 Å². The third-order valence-corrected chi connectivity index (χ3v) is 5.05. The van der Waals surface area contributed by atoms with Crippen molar-refractivity contribution >= 4 is 15.4 Å². The molecule has 0 aliphatic rings. The zero-order valence-electron chi connectivity index (χ0n) is 16.9. The van der Waals surface area contributed by atoms with Crippen LogP contribution >= 0.6 is 0 Å². The predicted molar refractivity (Wildman–Crippen MR) is 111 cm³/mol. The third kappa shape index (κ3) is 8.66. The second-order valence-corrected chi connectivity index (χ2v) is 7.78. The minimum atomic E-state index is 0.732. The van der Waals surface area contributed by atoms with Gasteiger partial charge in [-0.15, -0.1) is 0 Å². The molecule has 0 atom stereocenters. The zero-order chi connectivity index (χ0) is 18.3. The van der Waals surface area contributed by atoms with Gasteiger partial charge in [0.15, 0.2) is 11.5 Å². The lowest BCUT2D eigenvalue weighted by Gasteiger charge is -2.19. The molecule has 0 amide bonds. The molecule has 0 aromatic heterocycles. The van der Waals surface area contributed by atoms with E-state index in [0.717, 1.165) is 66.6 Å². The van der Waals surface area contributed by atoms with Crippen molar-refractivity contribution in [3.05, 3.63) is 12.1 Å². The Morgan fingerprint density at radius 1 is 0.640 bits per heavy atom. The molecule has 3 nitrogen and oxygen atoms in total. The van der Waals surface area contributed by atoms with E-state index in [-0.39, 0.29) is 0 Å². The number of hydrogen-bond donors (Lipinski definition) is 0. The normalized spacial score (nSPS) is 10.8. The molecule has 0 saturated heterocycles. The van der Waals surface area contributed by atoms with Crippen LogP contribution in [0.15, 0.2) is 12.1 Å². The highest BCUT2D eigenvalue weighted by Gasteiger charge is 2.16. The minimum Gasteiger partial charge on any atom is -0.490 e. The molecule has 0 N–H and O–H groups in total. The lowest BCUT2D eigenvalue weighted by Crippen LogP contribution is -2.14. The third-order valence-electron chi connectivity index (χ3n) is 4.27. The molecular weight excluding hydrogens is 328 g/mol. The van der Waals surface area contributed by atoms with Gasteiger partial charge in [0.2, 0.25) is 5.75 Å². The van der Waals surface area contributed by atoms with Crippen LogP contribution in [-0.2, 0) is 0 Å². The average Bonchev–Trinajstić information content (AvgIpc) is 2.62. The molecule has 0 radical (unpaired) electrons. The molecule has 0 spiro atoms. The molecule has 1 aromatic carbocycles. The molecule has 1 aromatic rings. The molecule has 4 heteroatoms. The maximum Gasteiger partial charge on any atom is 0.203 e. The Balaban J connectivity index is 2.80. The molecule has 0 heterocycles.